The van der Waals surface area contributed by atoms with E-state index in [9.17, 15) is 9.18 Å². The SMILES string of the molecule is COc1nc(F)nc(OC)c1NC(=O)C(C)C. The van der Waals surface area contributed by atoms with Crippen molar-refractivity contribution in [1.82, 2.24) is 9.97 Å². The molecule has 0 saturated heterocycles. The molecule has 1 amide bonds. The van der Waals surface area contributed by atoms with Gasteiger partial charge in [0.15, 0.2) is 5.69 Å². The first-order valence-corrected chi connectivity index (χ1v) is 4.96. The van der Waals surface area contributed by atoms with Crippen molar-refractivity contribution in [3.63, 3.8) is 0 Å². The summed E-state index contributed by atoms with van der Waals surface area (Å²) in [6.07, 6.45) is -0.985. The maximum absolute atomic E-state index is 13.0. The highest BCUT2D eigenvalue weighted by atomic mass is 19.1. The Hall–Kier alpha value is -1.92. The molecule has 6 nitrogen and oxygen atoms in total. The zero-order chi connectivity index (χ0) is 13.0. The maximum atomic E-state index is 13.0. The lowest BCUT2D eigenvalue weighted by Gasteiger charge is -2.13. The van der Waals surface area contributed by atoms with Gasteiger partial charge in [-0.3, -0.25) is 4.79 Å². The predicted molar refractivity (Wildman–Crippen MR) is 58.6 cm³/mol. The molecule has 0 aromatic carbocycles. The smallest absolute Gasteiger partial charge is 0.315 e. The molecule has 1 aromatic heterocycles. The minimum Gasteiger partial charge on any atom is -0.479 e. The highest BCUT2D eigenvalue weighted by molar-refractivity contribution is 5.94. The topological polar surface area (TPSA) is 73.3 Å². The van der Waals surface area contributed by atoms with Crippen molar-refractivity contribution in [2.45, 2.75) is 13.8 Å². The molecular formula is C10H14FN3O3. The normalized spacial score (nSPS) is 10.2. The molecule has 0 bridgehead atoms. The Morgan fingerprint density at radius 3 is 2.06 bits per heavy atom. The number of carbonyl (C=O) groups is 1. The second-order valence-corrected chi connectivity index (χ2v) is 3.53. The number of methoxy groups -OCH3 is 2. The molecule has 0 aliphatic rings. The van der Waals surface area contributed by atoms with E-state index in [4.69, 9.17) is 9.47 Å². The van der Waals surface area contributed by atoms with Crippen LogP contribution in [-0.2, 0) is 4.79 Å². The molecule has 0 unspecified atom stereocenters. The van der Waals surface area contributed by atoms with Gasteiger partial charge in [-0.05, 0) is 0 Å². The van der Waals surface area contributed by atoms with E-state index in [1.807, 2.05) is 0 Å². The highest BCUT2D eigenvalue weighted by Crippen LogP contribution is 2.30. The molecule has 1 heterocycles. The van der Waals surface area contributed by atoms with Gasteiger partial charge >= 0.3 is 6.08 Å². The van der Waals surface area contributed by atoms with Crippen molar-refractivity contribution in [2.75, 3.05) is 19.5 Å². The summed E-state index contributed by atoms with van der Waals surface area (Å²) in [7, 11) is 2.62. The molecule has 7 heteroatoms. The Morgan fingerprint density at radius 1 is 1.24 bits per heavy atom. The number of amides is 1. The number of ether oxygens (including phenoxy) is 2. The van der Waals surface area contributed by atoms with Gasteiger partial charge in [0.05, 0.1) is 14.2 Å². The van der Waals surface area contributed by atoms with Crippen molar-refractivity contribution >= 4 is 11.6 Å². The van der Waals surface area contributed by atoms with E-state index in [0.29, 0.717) is 0 Å². The van der Waals surface area contributed by atoms with E-state index < -0.39 is 6.08 Å². The molecule has 0 saturated carbocycles. The van der Waals surface area contributed by atoms with Gasteiger partial charge in [0.25, 0.3) is 0 Å². The van der Waals surface area contributed by atoms with Crippen LogP contribution >= 0.6 is 0 Å². The third-order valence-corrected chi connectivity index (χ3v) is 1.97. The third-order valence-electron chi connectivity index (χ3n) is 1.97. The minimum atomic E-state index is -0.985. The molecule has 0 spiro atoms. The van der Waals surface area contributed by atoms with Crippen LogP contribution in [0.1, 0.15) is 13.8 Å². The number of aromatic nitrogens is 2. The standard InChI is InChI=1S/C10H14FN3O3/c1-5(2)7(15)12-6-8(16-3)13-10(11)14-9(6)17-4/h5H,1-4H3,(H,12,15). The first kappa shape index (κ1) is 13.1. The number of rotatable bonds is 4. The van der Waals surface area contributed by atoms with Crippen LogP contribution in [0, 0.1) is 12.0 Å². The Morgan fingerprint density at radius 2 is 1.71 bits per heavy atom. The van der Waals surface area contributed by atoms with E-state index in [0.717, 1.165) is 0 Å². The van der Waals surface area contributed by atoms with Crippen LogP contribution in [0.25, 0.3) is 0 Å². The van der Waals surface area contributed by atoms with Crippen LogP contribution < -0.4 is 14.8 Å². The quantitative estimate of drug-likeness (QED) is 0.805. The monoisotopic (exact) mass is 243 g/mol. The van der Waals surface area contributed by atoms with Gasteiger partial charge in [-0.2, -0.15) is 14.4 Å². The summed E-state index contributed by atoms with van der Waals surface area (Å²) in [4.78, 5) is 18.4. The fourth-order valence-corrected chi connectivity index (χ4v) is 1.07. The Bertz CT molecular complexity index is 398. The van der Waals surface area contributed by atoms with Crippen molar-refractivity contribution in [2.24, 2.45) is 5.92 Å². The van der Waals surface area contributed by atoms with Gasteiger partial charge in [-0.25, -0.2) is 0 Å². The van der Waals surface area contributed by atoms with Crippen LogP contribution in [0.4, 0.5) is 10.1 Å². The van der Waals surface area contributed by atoms with Crippen molar-refractivity contribution in [1.29, 1.82) is 0 Å². The van der Waals surface area contributed by atoms with Crippen LogP contribution in [0.2, 0.25) is 0 Å². The molecular weight excluding hydrogens is 229 g/mol. The van der Waals surface area contributed by atoms with Crippen molar-refractivity contribution in [3.8, 4) is 11.8 Å². The minimum absolute atomic E-state index is 0.0802. The predicted octanol–water partition coefficient (Wildman–Crippen LogP) is 1.23. The number of hydrogen-bond donors (Lipinski definition) is 1. The summed E-state index contributed by atoms with van der Waals surface area (Å²) >= 11 is 0. The molecule has 17 heavy (non-hydrogen) atoms. The van der Waals surface area contributed by atoms with Crippen LogP contribution in [0.15, 0.2) is 0 Å². The maximum Gasteiger partial charge on any atom is 0.315 e. The first-order chi connectivity index (χ1) is 7.99. The summed E-state index contributed by atoms with van der Waals surface area (Å²) < 4.78 is 22.7. The Balaban J connectivity index is 3.15. The summed E-state index contributed by atoms with van der Waals surface area (Å²) in [6.45, 7) is 3.44. The number of nitrogens with one attached hydrogen (secondary N) is 1. The number of anilines is 1. The third kappa shape index (κ3) is 3.02. The molecule has 94 valence electrons. The Labute approximate surface area is 98.2 Å². The molecule has 0 aliphatic carbocycles. The fourth-order valence-electron chi connectivity index (χ4n) is 1.07. The van der Waals surface area contributed by atoms with Crippen LogP contribution in [-0.4, -0.2) is 30.1 Å². The van der Waals surface area contributed by atoms with Gasteiger partial charge in [0.1, 0.15) is 0 Å². The Kier molecular flexibility index (Phi) is 4.19. The van der Waals surface area contributed by atoms with Crippen LogP contribution in [0.3, 0.4) is 0 Å². The van der Waals surface area contributed by atoms with Gasteiger partial charge in [0.2, 0.25) is 17.7 Å². The number of nitrogens with zero attached hydrogens (tertiary/aromatic N) is 2. The molecule has 0 radical (unpaired) electrons. The summed E-state index contributed by atoms with van der Waals surface area (Å²) in [5.74, 6) is -0.669. The van der Waals surface area contributed by atoms with Crippen molar-refractivity contribution < 1.29 is 18.7 Å². The van der Waals surface area contributed by atoms with Gasteiger partial charge in [0, 0.05) is 5.92 Å². The van der Waals surface area contributed by atoms with E-state index in [1.54, 1.807) is 13.8 Å². The molecule has 0 fully saturated rings. The largest absolute Gasteiger partial charge is 0.479 e. The van der Waals surface area contributed by atoms with Crippen LogP contribution in [0.5, 0.6) is 11.8 Å². The first-order valence-electron chi connectivity index (χ1n) is 4.96. The molecule has 0 atom stereocenters. The molecule has 1 rings (SSSR count). The molecule has 1 aromatic rings. The molecule has 0 aliphatic heterocycles. The van der Waals surface area contributed by atoms with E-state index in [1.165, 1.54) is 14.2 Å². The number of hydrogen-bond acceptors (Lipinski definition) is 5. The summed E-state index contributed by atoms with van der Waals surface area (Å²) in [5, 5.41) is 2.53. The second-order valence-electron chi connectivity index (χ2n) is 3.53. The average molecular weight is 243 g/mol. The lowest BCUT2D eigenvalue weighted by Crippen LogP contribution is -2.19. The van der Waals surface area contributed by atoms with E-state index in [-0.39, 0.29) is 29.3 Å². The average Bonchev–Trinajstić information content (AvgIpc) is 2.30. The highest BCUT2D eigenvalue weighted by Gasteiger charge is 2.19. The van der Waals surface area contributed by atoms with Gasteiger partial charge in [-0.15, -0.1) is 0 Å². The lowest BCUT2D eigenvalue weighted by atomic mass is 10.2. The van der Waals surface area contributed by atoms with E-state index >= 15 is 0 Å². The van der Waals surface area contributed by atoms with Gasteiger partial charge in [-0.1, -0.05) is 13.8 Å². The molecule has 1 N–H and O–H groups in total. The number of halogens is 1. The van der Waals surface area contributed by atoms with Crippen molar-refractivity contribution in [3.05, 3.63) is 6.08 Å². The number of carbonyl (C=O) groups excluding carboxylic acids is 1. The lowest BCUT2D eigenvalue weighted by molar-refractivity contribution is -0.118. The zero-order valence-corrected chi connectivity index (χ0v) is 10.1. The fraction of sp³-hybridized carbons (Fsp3) is 0.500. The summed E-state index contributed by atoms with van der Waals surface area (Å²) in [5.41, 5.74) is 0.120. The zero-order valence-electron chi connectivity index (χ0n) is 10.1. The van der Waals surface area contributed by atoms with E-state index in [2.05, 4.69) is 15.3 Å². The van der Waals surface area contributed by atoms with Gasteiger partial charge < -0.3 is 14.8 Å². The summed E-state index contributed by atoms with van der Waals surface area (Å²) in [6, 6.07) is 0. The second kappa shape index (κ2) is 5.42.